The Bertz CT molecular complexity index is 492. The zero-order valence-electron chi connectivity index (χ0n) is 15.0. The van der Waals surface area contributed by atoms with Gasteiger partial charge in [-0.25, -0.2) is 0 Å². The molecule has 2 atom stereocenters. The number of allylic oxidation sites excluding steroid dienone is 4. The van der Waals surface area contributed by atoms with E-state index in [1.165, 1.54) is 0 Å². The van der Waals surface area contributed by atoms with Crippen LogP contribution >= 0.6 is 0 Å². The molecule has 2 aliphatic rings. The molecule has 0 aliphatic heterocycles. The first kappa shape index (κ1) is 18.9. The number of carbonyl (C=O) groups excluding carboxylic acids is 2. The summed E-state index contributed by atoms with van der Waals surface area (Å²) in [6.07, 6.45) is 14.5. The Morgan fingerprint density at radius 3 is 2.62 bits per heavy atom. The van der Waals surface area contributed by atoms with Crippen LogP contribution in [0.15, 0.2) is 24.3 Å². The molecule has 24 heavy (non-hydrogen) atoms. The summed E-state index contributed by atoms with van der Waals surface area (Å²) in [7, 11) is 0. The van der Waals surface area contributed by atoms with Gasteiger partial charge < -0.3 is 14.3 Å². The molecule has 0 amide bonds. The van der Waals surface area contributed by atoms with Gasteiger partial charge in [0.25, 0.3) is 0 Å². The molecule has 0 saturated carbocycles. The van der Waals surface area contributed by atoms with E-state index in [2.05, 4.69) is 24.3 Å². The Morgan fingerprint density at radius 2 is 2.00 bits per heavy atom. The molecule has 0 aromatic heterocycles. The molecule has 0 N–H and O–H groups in total. The summed E-state index contributed by atoms with van der Waals surface area (Å²) in [5.41, 5.74) is -0.634. The van der Waals surface area contributed by atoms with Crippen molar-refractivity contribution in [1.82, 2.24) is 0 Å². The summed E-state index contributed by atoms with van der Waals surface area (Å²) in [5.74, 6) is -0.103. The van der Waals surface area contributed by atoms with E-state index in [-0.39, 0.29) is 22.7 Å². The van der Waals surface area contributed by atoms with E-state index in [0.29, 0.717) is 19.8 Å². The maximum Gasteiger partial charge on any atom is 0.309 e. The normalized spacial score (nSPS) is 27.0. The highest BCUT2D eigenvalue weighted by Crippen LogP contribution is 2.31. The number of carbonyl (C=O) groups is 2. The van der Waals surface area contributed by atoms with Gasteiger partial charge in [-0.3, -0.25) is 4.79 Å². The van der Waals surface area contributed by atoms with Crippen molar-refractivity contribution in [3.63, 3.8) is 0 Å². The second kappa shape index (κ2) is 8.61. The lowest BCUT2D eigenvalue weighted by Gasteiger charge is -2.31. The molecule has 4 nitrogen and oxygen atoms in total. The van der Waals surface area contributed by atoms with Gasteiger partial charge in [0.1, 0.15) is 6.29 Å². The Balaban J connectivity index is 1.72. The minimum atomic E-state index is -0.379. The van der Waals surface area contributed by atoms with E-state index < -0.39 is 0 Å². The lowest BCUT2D eigenvalue weighted by atomic mass is 9.79. The lowest BCUT2D eigenvalue weighted by molar-refractivity contribution is -0.153. The summed E-state index contributed by atoms with van der Waals surface area (Å²) < 4.78 is 11.3. The Hall–Kier alpha value is -1.42. The fourth-order valence-electron chi connectivity index (χ4n) is 3.15. The van der Waals surface area contributed by atoms with Gasteiger partial charge in [-0.05, 0) is 38.5 Å². The molecule has 2 rings (SSSR count). The predicted molar refractivity (Wildman–Crippen MR) is 93.5 cm³/mol. The van der Waals surface area contributed by atoms with Gasteiger partial charge in [-0.15, -0.1) is 0 Å². The molecule has 0 spiro atoms. The van der Waals surface area contributed by atoms with Crippen molar-refractivity contribution in [2.45, 2.75) is 52.4 Å². The summed E-state index contributed by atoms with van der Waals surface area (Å²) in [5, 5.41) is 0. The first-order chi connectivity index (χ1) is 11.5. The lowest BCUT2D eigenvalue weighted by Crippen LogP contribution is -2.34. The molecule has 0 aromatic rings. The van der Waals surface area contributed by atoms with Crippen LogP contribution in [0, 0.1) is 16.7 Å². The molecule has 4 heteroatoms. The third-order valence-corrected chi connectivity index (χ3v) is 4.84. The van der Waals surface area contributed by atoms with Gasteiger partial charge in [0.2, 0.25) is 0 Å². The molecule has 134 valence electrons. The van der Waals surface area contributed by atoms with Crippen LogP contribution in [0.2, 0.25) is 0 Å². The molecule has 0 saturated heterocycles. The van der Waals surface area contributed by atoms with Gasteiger partial charge in [0, 0.05) is 5.41 Å². The van der Waals surface area contributed by atoms with E-state index in [4.69, 9.17) is 9.47 Å². The maximum atomic E-state index is 12.1. The molecule has 2 aliphatic carbocycles. The summed E-state index contributed by atoms with van der Waals surface area (Å²) >= 11 is 0. The third kappa shape index (κ3) is 5.59. The van der Waals surface area contributed by atoms with Crippen molar-refractivity contribution in [3.8, 4) is 0 Å². The monoisotopic (exact) mass is 334 g/mol. The smallest absolute Gasteiger partial charge is 0.309 e. The van der Waals surface area contributed by atoms with Crippen LogP contribution in [0.25, 0.3) is 0 Å². The first-order valence-corrected chi connectivity index (χ1v) is 8.97. The molecule has 0 fully saturated rings. The SMILES string of the molecule is CC(C)(COCC1(C=O)CC=CCC1)COC(=O)C1CC=CCC1. The van der Waals surface area contributed by atoms with Gasteiger partial charge >= 0.3 is 5.97 Å². The highest BCUT2D eigenvalue weighted by molar-refractivity contribution is 5.72. The van der Waals surface area contributed by atoms with E-state index in [9.17, 15) is 9.59 Å². The second-order valence-electron chi connectivity index (χ2n) is 7.94. The van der Waals surface area contributed by atoms with E-state index in [0.717, 1.165) is 44.8 Å². The van der Waals surface area contributed by atoms with Gasteiger partial charge in [-0.1, -0.05) is 38.2 Å². The van der Waals surface area contributed by atoms with Crippen LogP contribution in [-0.4, -0.2) is 32.1 Å². The molecular formula is C20H30O4. The second-order valence-corrected chi connectivity index (χ2v) is 7.94. The maximum absolute atomic E-state index is 12.1. The van der Waals surface area contributed by atoms with Crippen molar-refractivity contribution < 1.29 is 19.1 Å². The van der Waals surface area contributed by atoms with Crippen molar-refractivity contribution in [2.75, 3.05) is 19.8 Å². The number of ether oxygens (including phenoxy) is 2. The zero-order valence-corrected chi connectivity index (χ0v) is 15.0. The van der Waals surface area contributed by atoms with Gasteiger partial charge in [0.05, 0.1) is 31.2 Å². The molecular weight excluding hydrogens is 304 g/mol. The van der Waals surface area contributed by atoms with Crippen molar-refractivity contribution >= 4 is 12.3 Å². The van der Waals surface area contributed by atoms with Crippen LogP contribution in [0.4, 0.5) is 0 Å². The average molecular weight is 334 g/mol. The fraction of sp³-hybridized carbons (Fsp3) is 0.700. The number of hydrogen-bond donors (Lipinski definition) is 0. The minimum absolute atomic E-state index is 0.000855. The number of rotatable bonds is 8. The predicted octanol–water partition coefficient (Wildman–Crippen LogP) is 3.85. The van der Waals surface area contributed by atoms with Gasteiger partial charge in [-0.2, -0.15) is 0 Å². The molecule has 0 radical (unpaired) electrons. The Labute approximate surface area is 145 Å². The molecule has 0 bridgehead atoms. The van der Waals surface area contributed by atoms with E-state index in [1.54, 1.807) is 0 Å². The number of hydrogen-bond acceptors (Lipinski definition) is 4. The van der Waals surface area contributed by atoms with Crippen LogP contribution in [-0.2, 0) is 19.1 Å². The van der Waals surface area contributed by atoms with Gasteiger partial charge in [0.15, 0.2) is 0 Å². The van der Waals surface area contributed by atoms with E-state index in [1.807, 2.05) is 13.8 Å². The highest BCUT2D eigenvalue weighted by Gasteiger charge is 2.31. The van der Waals surface area contributed by atoms with Crippen molar-refractivity contribution in [3.05, 3.63) is 24.3 Å². The highest BCUT2D eigenvalue weighted by atomic mass is 16.5. The summed E-state index contributed by atoms with van der Waals surface area (Å²) in [6, 6.07) is 0. The van der Waals surface area contributed by atoms with E-state index >= 15 is 0 Å². The van der Waals surface area contributed by atoms with Crippen LogP contribution < -0.4 is 0 Å². The van der Waals surface area contributed by atoms with Crippen molar-refractivity contribution in [2.24, 2.45) is 16.7 Å². The number of esters is 1. The zero-order chi connectivity index (χ0) is 17.5. The average Bonchev–Trinajstić information content (AvgIpc) is 2.61. The number of aldehydes is 1. The molecule has 0 aromatic carbocycles. The largest absolute Gasteiger partial charge is 0.465 e. The molecule has 0 heterocycles. The quantitative estimate of drug-likeness (QED) is 0.384. The summed E-state index contributed by atoms with van der Waals surface area (Å²) in [4.78, 5) is 23.6. The van der Waals surface area contributed by atoms with Crippen molar-refractivity contribution in [1.29, 1.82) is 0 Å². The fourth-order valence-corrected chi connectivity index (χ4v) is 3.15. The molecule has 2 unspecified atom stereocenters. The topological polar surface area (TPSA) is 52.6 Å². The van der Waals surface area contributed by atoms with Crippen LogP contribution in [0.3, 0.4) is 0 Å². The standard InChI is InChI=1S/C20H30O4/c1-19(2,15-24-18(22)17-9-5-3-6-10-17)14-23-16-20(13-21)11-7-4-8-12-20/h3-5,7,13,17H,6,8-12,14-16H2,1-2H3. The Kier molecular flexibility index (Phi) is 6.79. The third-order valence-electron chi connectivity index (χ3n) is 4.84. The van der Waals surface area contributed by atoms with Crippen LogP contribution in [0.5, 0.6) is 0 Å². The van der Waals surface area contributed by atoms with Crippen LogP contribution in [0.1, 0.15) is 52.4 Å². The Morgan fingerprint density at radius 1 is 1.21 bits per heavy atom. The first-order valence-electron chi connectivity index (χ1n) is 8.97. The summed E-state index contributed by atoms with van der Waals surface area (Å²) in [6.45, 7) is 5.31. The minimum Gasteiger partial charge on any atom is -0.465 e.